The van der Waals surface area contributed by atoms with Crippen LogP contribution in [0.25, 0.3) is 0 Å². The van der Waals surface area contributed by atoms with Crippen molar-refractivity contribution in [2.45, 2.75) is 19.3 Å². The number of hydrogen-bond donors (Lipinski definition) is 1. The Hall–Kier alpha value is -2.21. The summed E-state index contributed by atoms with van der Waals surface area (Å²) in [6.07, 6.45) is -4.33. The smallest absolute Gasteiger partial charge is 0.416 e. The van der Waals surface area contributed by atoms with E-state index in [4.69, 9.17) is 9.47 Å². The Labute approximate surface area is 133 Å². The second-order valence-electron chi connectivity index (χ2n) is 4.95. The van der Waals surface area contributed by atoms with Crippen molar-refractivity contribution < 1.29 is 22.6 Å². The molecule has 6 heteroatoms. The fourth-order valence-corrected chi connectivity index (χ4v) is 2.29. The van der Waals surface area contributed by atoms with Gasteiger partial charge in [-0.15, -0.1) is 0 Å². The van der Waals surface area contributed by atoms with Crippen LogP contribution < -0.4 is 14.8 Å². The van der Waals surface area contributed by atoms with Crippen LogP contribution in [0, 0.1) is 0 Å². The summed E-state index contributed by atoms with van der Waals surface area (Å²) in [7, 11) is 3.10. The Kier molecular flexibility index (Phi) is 5.50. The molecule has 0 amide bonds. The third-order valence-electron chi connectivity index (χ3n) is 3.38. The lowest BCUT2D eigenvalue weighted by Crippen LogP contribution is -2.14. The van der Waals surface area contributed by atoms with Crippen molar-refractivity contribution in [3.8, 4) is 11.5 Å². The van der Waals surface area contributed by atoms with Crippen molar-refractivity contribution in [1.82, 2.24) is 5.32 Å². The van der Waals surface area contributed by atoms with Gasteiger partial charge in [0.2, 0.25) is 0 Å². The minimum Gasteiger partial charge on any atom is -0.493 e. The van der Waals surface area contributed by atoms with Crippen molar-refractivity contribution in [1.29, 1.82) is 0 Å². The molecule has 0 saturated heterocycles. The third kappa shape index (κ3) is 4.39. The molecule has 2 aromatic carbocycles. The average molecular weight is 325 g/mol. The first kappa shape index (κ1) is 17.1. The van der Waals surface area contributed by atoms with E-state index in [1.54, 1.807) is 26.4 Å². The van der Waals surface area contributed by atoms with E-state index in [2.05, 4.69) is 5.32 Å². The molecule has 0 saturated carbocycles. The summed E-state index contributed by atoms with van der Waals surface area (Å²) in [5, 5.41) is 3.12. The highest BCUT2D eigenvalue weighted by molar-refractivity contribution is 5.46. The van der Waals surface area contributed by atoms with Crippen LogP contribution >= 0.6 is 0 Å². The quantitative estimate of drug-likeness (QED) is 0.870. The van der Waals surface area contributed by atoms with Crippen molar-refractivity contribution >= 4 is 0 Å². The number of para-hydroxylation sites is 1. The number of alkyl halides is 3. The molecule has 0 fully saturated rings. The molecule has 0 spiro atoms. The second-order valence-corrected chi connectivity index (χ2v) is 4.95. The monoisotopic (exact) mass is 325 g/mol. The van der Waals surface area contributed by atoms with Gasteiger partial charge >= 0.3 is 6.18 Å². The van der Waals surface area contributed by atoms with Crippen LogP contribution in [0.2, 0.25) is 0 Å². The lowest BCUT2D eigenvalue weighted by Gasteiger charge is -2.13. The highest BCUT2D eigenvalue weighted by Gasteiger charge is 2.30. The number of benzene rings is 2. The minimum absolute atomic E-state index is 0.324. The zero-order valence-corrected chi connectivity index (χ0v) is 12.9. The fraction of sp³-hybridized carbons (Fsp3) is 0.294. The first-order chi connectivity index (χ1) is 11.0. The van der Waals surface area contributed by atoms with E-state index in [1.807, 2.05) is 12.1 Å². The first-order valence-electron chi connectivity index (χ1n) is 7.02. The SMILES string of the molecule is COc1cccc(CNCc2cccc(C(F)(F)F)c2)c1OC. The van der Waals surface area contributed by atoms with Crippen LogP contribution in [0.5, 0.6) is 11.5 Å². The van der Waals surface area contributed by atoms with Gasteiger partial charge in [-0.05, 0) is 17.7 Å². The predicted octanol–water partition coefficient (Wildman–Crippen LogP) is 4.01. The highest BCUT2D eigenvalue weighted by Crippen LogP contribution is 2.31. The maximum absolute atomic E-state index is 12.7. The lowest BCUT2D eigenvalue weighted by molar-refractivity contribution is -0.137. The number of halogens is 3. The van der Waals surface area contributed by atoms with Crippen LogP contribution in [0.1, 0.15) is 16.7 Å². The lowest BCUT2D eigenvalue weighted by atomic mass is 10.1. The average Bonchev–Trinajstić information content (AvgIpc) is 2.54. The van der Waals surface area contributed by atoms with Gasteiger partial charge in [0, 0.05) is 18.7 Å². The Morgan fingerprint density at radius 3 is 2.35 bits per heavy atom. The van der Waals surface area contributed by atoms with Crippen molar-refractivity contribution in [2.75, 3.05) is 14.2 Å². The summed E-state index contributed by atoms with van der Waals surface area (Å²) < 4.78 is 48.6. The molecular weight excluding hydrogens is 307 g/mol. The van der Waals surface area contributed by atoms with Gasteiger partial charge in [-0.1, -0.05) is 30.3 Å². The summed E-state index contributed by atoms with van der Waals surface area (Å²) >= 11 is 0. The van der Waals surface area contributed by atoms with Crippen LogP contribution in [-0.4, -0.2) is 14.2 Å². The molecule has 1 N–H and O–H groups in total. The summed E-state index contributed by atoms with van der Waals surface area (Å²) in [6, 6.07) is 10.8. The zero-order valence-electron chi connectivity index (χ0n) is 12.9. The predicted molar refractivity (Wildman–Crippen MR) is 81.5 cm³/mol. The minimum atomic E-state index is -4.33. The molecule has 0 aliphatic rings. The Morgan fingerprint density at radius 1 is 0.957 bits per heavy atom. The van der Waals surface area contributed by atoms with Gasteiger partial charge in [0.1, 0.15) is 0 Å². The molecule has 2 rings (SSSR count). The largest absolute Gasteiger partial charge is 0.493 e. The summed E-state index contributed by atoms with van der Waals surface area (Å²) in [5.74, 6) is 1.23. The Bertz CT molecular complexity index is 657. The van der Waals surface area contributed by atoms with Gasteiger partial charge < -0.3 is 14.8 Å². The summed E-state index contributed by atoms with van der Waals surface area (Å²) in [6.45, 7) is 0.779. The van der Waals surface area contributed by atoms with Gasteiger partial charge in [-0.3, -0.25) is 0 Å². The molecule has 0 aliphatic heterocycles. The van der Waals surface area contributed by atoms with Crippen molar-refractivity contribution in [3.63, 3.8) is 0 Å². The van der Waals surface area contributed by atoms with Gasteiger partial charge in [-0.25, -0.2) is 0 Å². The number of nitrogens with one attached hydrogen (secondary N) is 1. The highest BCUT2D eigenvalue weighted by atomic mass is 19.4. The van der Waals surface area contributed by atoms with E-state index in [0.29, 0.717) is 30.2 Å². The molecular formula is C17H18F3NO2. The molecule has 2 aromatic rings. The molecule has 124 valence electrons. The zero-order chi connectivity index (χ0) is 16.9. The first-order valence-corrected chi connectivity index (χ1v) is 7.02. The number of ether oxygens (including phenoxy) is 2. The topological polar surface area (TPSA) is 30.5 Å². The van der Waals surface area contributed by atoms with Gasteiger partial charge in [0.25, 0.3) is 0 Å². The van der Waals surface area contributed by atoms with E-state index in [1.165, 1.54) is 6.07 Å². The molecule has 0 heterocycles. The molecule has 23 heavy (non-hydrogen) atoms. The standard InChI is InChI=1S/C17H18F3NO2/c1-22-15-8-4-6-13(16(15)23-2)11-21-10-12-5-3-7-14(9-12)17(18,19)20/h3-9,21H,10-11H2,1-2H3. The Balaban J connectivity index is 2.03. The summed E-state index contributed by atoms with van der Waals surface area (Å²) in [4.78, 5) is 0. The fourth-order valence-electron chi connectivity index (χ4n) is 2.29. The van der Waals surface area contributed by atoms with Crippen molar-refractivity contribution in [3.05, 3.63) is 59.2 Å². The van der Waals surface area contributed by atoms with Crippen molar-refractivity contribution in [2.24, 2.45) is 0 Å². The van der Waals surface area contributed by atoms with E-state index in [-0.39, 0.29) is 0 Å². The van der Waals surface area contributed by atoms with Crippen LogP contribution in [0.3, 0.4) is 0 Å². The molecule has 0 aliphatic carbocycles. The van der Waals surface area contributed by atoms with Crippen LogP contribution in [0.15, 0.2) is 42.5 Å². The molecule has 0 bridgehead atoms. The van der Waals surface area contributed by atoms with Gasteiger partial charge in [0.05, 0.1) is 19.8 Å². The van der Waals surface area contributed by atoms with Gasteiger partial charge in [-0.2, -0.15) is 13.2 Å². The van der Waals surface area contributed by atoms with E-state index in [9.17, 15) is 13.2 Å². The third-order valence-corrected chi connectivity index (χ3v) is 3.38. The van der Waals surface area contributed by atoms with E-state index < -0.39 is 11.7 Å². The summed E-state index contributed by atoms with van der Waals surface area (Å²) in [5.41, 5.74) is 0.802. The maximum atomic E-state index is 12.7. The van der Waals surface area contributed by atoms with Crippen LogP contribution in [0.4, 0.5) is 13.2 Å². The molecule has 0 unspecified atom stereocenters. The number of rotatable bonds is 6. The van der Waals surface area contributed by atoms with E-state index >= 15 is 0 Å². The molecule has 3 nitrogen and oxygen atoms in total. The van der Waals surface area contributed by atoms with E-state index in [0.717, 1.165) is 17.7 Å². The molecule has 0 aromatic heterocycles. The molecule has 0 atom stereocenters. The number of methoxy groups -OCH3 is 2. The normalized spacial score (nSPS) is 11.3. The van der Waals surface area contributed by atoms with Gasteiger partial charge in [0.15, 0.2) is 11.5 Å². The molecule has 0 radical (unpaired) electrons. The maximum Gasteiger partial charge on any atom is 0.416 e. The van der Waals surface area contributed by atoms with Crippen LogP contribution in [-0.2, 0) is 19.3 Å². The Morgan fingerprint density at radius 2 is 1.70 bits per heavy atom. The number of hydrogen-bond acceptors (Lipinski definition) is 3. The second kappa shape index (κ2) is 7.37.